The van der Waals surface area contributed by atoms with E-state index in [9.17, 15) is 31.2 Å². The van der Waals surface area contributed by atoms with Crippen LogP contribution >= 0.6 is 23.2 Å². The van der Waals surface area contributed by atoms with Gasteiger partial charge in [-0.15, -0.1) is 0 Å². The van der Waals surface area contributed by atoms with Crippen LogP contribution in [0, 0.1) is 0 Å². The van der Waals surface area contributed by atoms with Crippen LogP contribution in [0.15, 0.2) is 108 Å². The Hall–Kier alpha value is -4.06. The Bertz CT molecular complexity index is 1890. The van der Waals surface area contributed by atoms with Gasteiger partial charge in [-0.05, 0) is 66.4 Å². The first kappa shape index (κ1) is 37.2. The summed E-state index contributed by atoms with van der Waals surface area (Å²) in [5.41, 5.74) is -0.367. The number of anilines is 1. The molecule has 1 aliphatic carbocycles. The van der Waals surface area contributed by atoms with Crippen LogP contribution in [-0.2, 0) is 38.8 Å². The molecule has 13 heteroatoms. The summed E-state index contributed by atoms with van der Waals surface area (Å²) in [6, 6.07) is 24.3. The fourth-order valence-electron chi connectivity index (χ4n) is 6.06. The maximum Gasteiger partial charge on any atom is 0.417 e. The van der Waals surface area contributed by atoms with Crippen LogP contribution in [0.5, 0.6) is 0 Å². The zero-order chi connectivity index (χ0) is 35.9. The molecule has 1 saturated carbocycles. The molecule has 0 aromatic heterocycles. The van der Waals surface area contributed by atoms with Crippen molar-refractivity contribution in [2.75, 3.05) is 10.8 Å². The first-order chi connectivity index (χ1) is 23.8. The molecule has 2 amide bonds. The number of carbonyl (C=O) groups is 2. The van der Waals surface area contributed by atoms with Crippen molar-refractivity contribution in [2.45, 2.75) is 68.2 Å². The highest BCUT2D eigenvalue weighted by atomic mass is 35.5. The first-order valence-corrected chi connectivity index (χ1v) is 18.4. The Balaban J connectivity index is 1.60. The van der Waals surface area contributed by atoms with Gasteiger partial charge >= 0.3 is 6.18 Å². The van der Waals surface area contributed by atoms with Crippen molar-refractivity contribution in [3.8, 4) is 0 Å². The second-order valence-electron chi connectivity index (χ2n) is 12.2. The van der Waals surface area contributed by atoms with E-state index in [1.807, 2.05) is 30.3 Å². The van der Waals surface area contributed by atoms with Crippen molar-refractivity contribution in [1.29, 1.82) is 0 Å². The monoisotopic (exact) mass is 745 g/mol. The van der Waals surface area contributed by atoms with Crippen molar-refractivity contribution >= 4 is 50.7 Å². The van der Waals surface area contributed by atoms with E-state index in [2.05, 4.69) is 5.32 Å². The van der Waals surface area contributed by atoms with Crippen LogP contribution in [0.3, 0.4) is 0 Å². The van der Waals surface area contributed by atoms with Crippen LogP contribution in [0.4, 0.5) is 18.9 Å². The molecule has 50 heavy (non-hydrogen) atoms. The number of carbonyl (C=O) groups excluding carboxylic acids is 2. The highest BCUT2D eigenvalue weighted by molar-refractivity contribution is 7.92. The number of alkyl halides is 3. The average Bonchev–Trinajstić information content (AvgIpc) is 3.09. The van der Waals surface area contributed by atoms with E-state index in [0.717, 1.165) is 49.8 Å². The van der Waals surface area contributed by atoms with Gasteiger partial charge in [-0.25, -0.2) is 8.42 Å². The van der Waals surface area contributed by atoms with E-state index < -0.39 is 56.9 Å². The van der Waals surface area contributed by atoms with E-state index in [0.29, 0.717) is 21.0 Å². The minimum Gasteiger partial charge on any atom is -0.352 e. The number of amides is 2. The maximum atomic E-state index is 14.6. The summed E-state index contributed by atoms with van der Waals surface area (Å²) in [7, 11) is -4.61. The fraction of sp³-hybridized carbons (Fsp3) is 0.297. The number of sulfonamides is 1. The third-order valence-electron chi connectivity index (χ3n) is 8.62. The summed E-state index contributed by atoms with van der Waals surface area (Å²) >= 11 is 12.2. The quantitative estimate of drug-likeness (QED) is 0.158. The number of nitrogens with zero attached hydrogens (tertiary/aromatic N) is 2. The first-order valence-electron chi connectivity index (χ1n) is 16.2. The molecule has 4 aromatic carbocycles. The van der Waals surface area contributed by atoms with Gasteiger partial charge in [-0.1, -0.05) is 103 Å². The third-order valence-corrected chi connectivity index (χ3v) is 11.0. The lowest BCUT2D eigenvalue weighted by atomic mass is 9.94. The van der Waals surface area contributed by atoms with Crippen LogP contribution in [0.25, 0.3) is 0 Å². The summed E-state index contributed by atoms with van der Waals surface area (Å²) in [4.78, 5) is 29.9. The smallest absolute Gasteiger partial charge is 0.352 e. The number of hydrogen-bond acceptors (Lipinski definition) is 4. The third kappa shape index (κ3) is 9.38. The lowest BCUT2D eigenvalue weighted by molar-refractivity contribution is -0.140. The molecule has 0 radical (unpaired) electrons. The predicted molar refractivity (Wildman–Crippen MR) is 188 cm³/mol. The Morgan fingerprint density at radius 3 is 2.10 bits per heavy atom. The molecule has 0 heterocycles. The molecule has 1 fully saturated rings. The summed E-state index contributed by atoms with van der Waals surface area (Å²) in [5, 5.41) is 2.87. The lowest BCUT2D eigenvalue weighted by Crippen LogP contribution is -2.55. The normalized spacial score (nSPS) is 14.5. The molecule has 5 rings (SSSR count). The number of hydrogen-bond donors (Lipinski definition) is 1. The average molecular weight is 747 g/mol. The molecular weight excluding hydrogens is 710 g/mol. The Morgan fingerprint density at radius 1 is 0.820 bits per heavy atom. The lowest BCUT2D eigenvalue weighted by Gasteiger charge is -2.35. The fourth-order valence-corrected chi connectivity index (χ4v) is 7.93. The van der Waals surface area contributed by atoms with Crippen molar-refractivity contribution < 1.29 is 31.2 Å². The molecule has 1 atom stereocenters. The van der Waals surface area contributed by atoms with Crippen molar-refractivity contribution in [3.05, 3.63) is 130 Å². The Labute approximate surface area is 300 Å². The molecule has 0 aliphatic heterocycles. The molecule has 0 saturated heterocycles. The van der Waals surface area contributed by atoms with Gasteiger partial charge in [-0.2, -0.15) is 13.2 Å². The van der Waals surface area contributed by atoms with Crippen molar-refractivity contribution in [3.63, 3.8) is 0 Å². The van der Waals surface area contributed by atoms with Crippen molar-refractivity contribution in [1.82, 2.24) is 10.2 Å². The molecule has 7 nitrogen and oxygen atoms in total. The van der Waals surface area contributed by atoms with E-state index in [4.69, 9.17) is 23.2 Å². The molecule has 1 unspecified atom stereocenters. The second kappa shape index (κ2) is 16.3. The second-order valence-corrected chi connectivity index (χ2v) is 14.9. The van der Waals surface area contributed by atoms with Crippen LogP contribution in [0.2, 0.25) is 10.0 Å². The molecule has 264 valence electrons. The summed E-state index contributed by atoms with van der Waals surface area (Å²) < 4.78 is 70.9. The minimum atomic E-state index is -4.91. The molecular formula is C37H36Cl2F3N3O4S. The minimum absolute atomic E-state index is 0.0936. The standard InChI is InChI=1S/C37H36Cl2F3N3O4S/c38-28-14-10-13-27(21-28)24-44(34(22-26-11-4-1-5-12-26)36(47)43-29-15-6-2-7-16-29)35(46)25-45(50(48,49)31-17-8-3-9-18-31)30-19-20-33(39)32(23-30)37(40,41)42/h1,3-5,8-14,17-21,23,29,34H,2,6-7,15-16,22,24-25H2,(H,43,47). The highest BCUT2D eigenvalue weighted by Gasteiger charge is 2.38. The van der Waals surface area contributed by atoms with Gasteiger partial charge in [0.15, 0.2) is 0 Å². The Kier molecular flexibility index (Phi) is 12.1. The zero-order valence-electron chi connectivity index (χ0n) is 27.0. The van der Waals surface area contributed by atoms with E-state index in [1.165, 1.54) is 29.2 Å². The summed E-state index contributed by atoms with van der Waals surface area (Å²) in [5.74, 6) is -1.23. The number of halogens is 5. The predicted octanol–water partition coefficient (Wildman–Crippen LogP) is 8.30. The van der Waals surface area contributed by atoms with Gasteiger partial charge in [0, 0.05) is 24.0 Å². The molecule has 4 aromatic rings. The van der Waals surface area contributed by atoms with Gasteiger partial charge in [0.1, 0.15) is 12.6 Å². The van der Waals surface area contributed by atoms with Crippen LogP contribution < -0.4 is 9.62 Å². The Morgan fingerprint density at radius 2 is 1.46 bits per heavy atom. The van der Waals surface area contributed by atoms with Crippen LogP contribution in [-0.4, -0.2) is 43.8 Å². The SMILES string of the molecule is O=C(NC1CCCCC1)C(Cc1ccccc1)N(Cc1cccc(Cl)c1)C(=O)CN(c1ccc(Cl)c(C(F)(F)F)c1)S(=O)(=O)c1ccccc1. The van der Waals surface area contributed by atoms with Gasteiger partial charge in [0.2, 0.25) is 11.8 Å². The maximum absolute atomic E-state index is 14.6. The van der Waals surface area contributed by atoms with Crippen molar-refractivity contribution in [2.24, 2.45) is 0 Å². The van der Waals surface area contributed by atoms with E-state index in [-0.39, 0.29) is 23.9 Å². The molecule has 1 aliphatic rings. The number of benzene rings is 4. The zero-order valence-corrected chi connectivity index (χ0v) is 29.3. The summed E-state index contributed by atoms with van der Waals surface area (Å²) in [6.07, 6.45) is -0.280. The largest absolute Gasteiger partial charge is 0.417 e. The van der Waals surface area contributed by atoms with Gasteiger partial charge in [0.05, 0.1) is 21.2 Å². The van der Waals surface area contributed by atoms with Gasteiger partial charge in [-0.3, -0.25) is 13.9 Å². The number of rotatable bonds is 12. The van der Waals surface area contributed by atoms with Gasteiger partial charge < -0.3 is 10.2 Å². The van der Waals surface area contributed by atoms with E-state index in [1.54, 1.807) is 30.3 Å². The topological polar surface area (TPSA) is 86.8 Å². The van der Waals surface area contributed by atoms with E-state index >= 15 is 0 Å². The summed E-state index contributed by atoms with van der Waals surface area (Å²) in [6.45, 7) is -1.05. The number of nitrogens with one attached hydrogen (secondary N) is 1. The van der Waals surface area contributed by atoms with Crippen LogP contribution in [0.1, 0.15) is 48.8 Å². The highest BCUT2D eigenvalue weighted by Crippen LogP contribution is 2.38. The molecule has 1 N–H and O–H groups in total. The molecule has 0 spiro atoms. The van der Waals surface area contributed by atoms with Gasteiger partial charge in [0.25, 0.3) is 10.0 Å². The molecule has 0 bridgehead atoms.